The molecule has 0 radical (unpaired) electrons. The second kappa shape index (κ2) is 13.1. The van der Waals surface area contributed by atoms with E-state index in [1.54, 1.807) is 0 Å². The van der Waals surface area contributed by atoms with Gasteiger partial charge in [0.05, 0.1) is 32.3 Å². The van der Waals surface area contributed by atoms with Gasteiger partial charge >= 0.3 is 0 Å². The van der Waals surface area contributed by atoms with Crippen LogP contribution in [0, 0.1) is 0 Å². The highest BCUT2D eigenvalue weighted by atomic mass is 32.2. The number of nitrogens with two attached hydrogens (primary N) is 1. The van der Waals surface area contributed by atoms with Crippen LogP contribution in [-0.2, 0) is 28.6 Å². The fraction of sp³-hybridized carbons (Fsp3) is 1.00. The van der Waals surface area contributed by atoms with Crippen LogP contribution in [-0.4, -0.2) is 66.3 Å². The third-order valence-corrected chi connectivity index (χ3v) is 3.65. The lowest BCUT2D eigenvalue weighted by Crippen LogP contribution is -2.16. The van der Waals surface area contributed by atoms with Crippen molar-refractivity contribution in [3.05, 3.63) is 0 Å². The normalized spacial score (nSPS) is 10.4. The van der Waals surface area contributed by atoms with Crippen molar-refractivity contribution >= 4 is 20.2 Å². The smallest absolute Gasteiger partial charge is 0.269 e. The van der Waals surface area contributed by atoms with E-state index in [2.05, 4.69) is 8.37 Å². The van der Waals surface area contributed by atoms with Crippen LogP contribution in [0.3, 0.4) is 0 Å². The van der Waals surface area contributed by atoms with Crippen LogP contribution in [0.1, 0.15) is 0 Å². The lowest BCUT2D eigenvalue weighted by Gasteiger charge is -1.94. The first kappa shape index (κ1) is 26.3. The van der Waals surface area contributed by atoms with Gasteiger partial charge in [0.1, 0.15) is 0 Å². The zero-order chi connectivity index (χ0) is 13.2. The maximum atomic E-state index is 10.3. The molecule has 0 aliphatic rings. The Hall–Kier alpha value is -0.340. The minimum atomic E-state index is -3.42. The zero-order valence-electron chi connectivity index (χ0n) is 10.3. The summed E-state index contributed by atoms with van der Waals surface area (Å²) in [5, 5.41) is 8.07. The predicted molar refractivity (Wildman–Crippen MR) is 64.7 cm³/mol. The Morgan fingerprint density at radius 2 is 1.33 bits per heavy atom. The van der Waals surface area contributed by atoms with Crippen molar-refractivity contribution < 1.29 is 35.8 Å². The van der Waals surface area contributed by atoms with Gasteiger partial charge in [-0.25, -0.2) is 0 Å². The van der Waals surface area contributed by atoms with Crippen LogP contribution in [0.2, 0.25) is 0 Å². The molecule has 0 aromatic rings. The zero-order valence-corrected chi connectivity index (χ0v) is 11.9. The Labute approximate surface area is 107 Å². The summed E-state index contributed by atoms with van der Waals surface area (Å²) in [4.78, 5) is 0. The molecule has 0 atom stereocenters. The van der Waals surface area contributed by atoms with Crippen LogP contribution < -0.4 is 11.9 Å². The molecule has 0 saturated carbocycles. The molecule has 0 rings (SSSR count). The summed E-state index contributed by atoms with van der Waals surface area (Å²) in [6.45, 7) is -0.285. The van der Waals surface area contributed by atoms with E-state index < -0.39 is 26.8 Å². The third kappa shape index (κ3) is 18.0. The van der Waals surface area contributed by atoms with Crippen molar-refractivity contribution in [1.29, 1.82) is 0 Å². The standard InChI is InChI=1S/C3H9NO3S.C3H8O4S.H3N.H2O/c2*1-7-8(5,6)3-2-4;;/h2-4H2,1H3;4H,2-3H2,1H3;1H3;1H2/p-1. The van der Waals surface area contributed by atoms with Gasteiger partial charge in [-0.05, 0) is 0 Å². The minimum Gasteiger partial charge on any atom is -0.870 e. The van der Waals surface area contributed by atoms with Crippen LogP contribution in [0.5, 0.6) is 0 Å². The van der Waals surface area contributed by atoms with E-state index in [-0.39, 0.29) is 29.7 Å². The number of rotatable bonds is 6. The Morgan fingerprint density at radius 1 is 1.00 bits per heavy atom. The number of aliphatic hydroxyl groups is 1. The van der Waals surface area contributed by atoms with E-state index in [0.717, 1.165) is 14.2 Å². The van der Waals surface area contributed by atoms with Crippen molar-refractivity contribution in [3.63, 3.8) is 0 Å². The first-order valence-electron chi connectivity index (χ1n) is 4.12. The largest absolute Gasteiger partial charge is 0.870 e. The lowest BCUT2D eigenvalue weighted by molar-refractivity contribution is 0.310. The van der Waals surface area contributed by atoms with Gasteiger partial charge in [0.25, 0.3) is 20.2 Å². The van der Waals surface area contributed by atoms with Gasteiger partial charge in [-0.2, -0.15) is 16.8 Å². The molecule has 116 valence electrons. The first-order valence-corrected chi connectivity index (χ1v) is 7.27. The van der Waals surface area contributed by atoms with E-state index in [0.29, 0.717) is 0 Å². The highest BCUT2D eigenvalue weighted by Gasteiger charge is 2.04. The van der Waals surface area contributed by atoms with Crippen LogP contribution in [0.15, 0.2) is 0 Å². The molecular weight excluding hydrogens is 292 g/mol. The molecule has 10 nitrogen and oxygen atoms in total. The number of hydrogen-bond acceptors (Lipinski definition) is 10. The summed E-state index contributed by atoms with van der Waals surface area (Å²) >= 11 is 0. The van der Waals surface area contributed by atoms with Crippen LogP contribution >= 0.6 is 0 Å². The van der Waals surface area contributed by atoms with E-state index in [9.17, 15) is 16.8 Å². The molecule has 0 aromatic heterocycles. The van der Waals surface area contributed by atoms with Crippen LogP contribution in [0.25, 0.3) is 0 Å². The molecular formula is C6H21N2O8S2-. The predicted octanol–water partition coefficient (Wildman–Crippen LogP) is -2.14. The van der Waals surface area contributed by atoms with E-state index >= 15 is 0 Å². The molecule has 7 N–H and O–H groups in total. The monoisotopic (exact) mass is 313 g/mol. The first-order chi connectivity index (χ1) is 7.24. The maximum absolute atomic E-state index is 10.3. The van der Waals surface area contributed by atoms with Gasteiger partial charge in [0, 0.05) is 6.54 Å². The Balaban J connectivity index is -0.0000000980. The second-order valence-corrected chi connectivity index (χ2v) is 6.08. The van der Waals surface area contributed by atoms with Gasteiger partial charge in [0.15, 0.2) is 0 Å². The fourth-order valence-electron chi connectivity index (χ4n) is 0.423. The quantitative estimate of drug-likeness (QED) is 0.454. The summed E-state index contributed by atoms with van der Waals surface area (Å²) in [7, 11) is -4.54. The molecule has 12 heteroatoms. The van der Waals surface area contributed by atoms with Crippen molar-refractivity contribution in [1.82, 2.24) is 6.15 Å². The summed E-state index contributed by atoms with van der Waals surface area (Å²) in [6, 6.07) is 0. The van der Waals surface area contributed by atoms with Crippen molar-refractivity contribution in [2.75, 3.05) is 38.9 Å². The van der Waals surface area contributed by atoms with Gasteiger partial charge in [-0.3, -0.25) is 8.37 Å². The molecule has 0 spiro atoms. The summed E-state index contributed by atoms with van der Waals surface area (Å²) < 4.78 is 49.1. The molecule has 0 fully saturated rings. The SMILES string of the molecule is COS(=O)(=O)CCN.COS(=O)(=O)CCO.N.[OH-]. The van der Waals surface area contributed by atoms with Gasteiger partial charge in [0.2, 0.25) is 0 Å². The molecule has 0 aliphatic carbocycles. The second-order valence-electron chi connectivity index (χ2n) is 2.37. The summed E-state index contributed by atoms with van der Waals surface area (Å²) in [5.41, 5.74) is 4.93. The highest BCUT2D eigenvalue weighted by Crippen LogP contribution is 1.86. The van der Waals surface area contributed by atoms with E-state index in [4.69, 9.17) is 10.8 Å². The molecule has 0 amide bonds. The molecule has 0 unspecified atom stereocenters. The number of hydrogen-bond donors (Lipinski definition) is 3. The van der Waals surface area contributed by atoms with E-state index in [1.807, 2.05) is 0 Å². The molecule has 0 heterocycles. The molecule has 18 heavy (non-hydrogen) atoms. The number of aliphatic hydroxyl groups excluding tert-OH is 1. The Morgan fingerprint density at radius 3 is 1.44 bits per heavy atom. The van der Waals surface area contributed by atoms with Crippen LogP contribution in [0.4, 0.5) is 0 Å². The summed E-state index contributed by atoms with van der Waals surface area (Å²) in [6.07, 6.45) is 0. The average molecular weight is 313 g/mol. The lowest BCUT2D eigenvalue weighted by atomic mass is 10.8. The van der Waals surface area contributed by atoms with Gasteiger partial charge < -0.3 is 22.5 Å². The van der Waals surface area contributed by atoms with Crippen molar-refractivity contribution in [2.45, 2.75) is 0 Å². The van der Waals surface area contributed by atoms with Crippen molar-refractivity contribution in [2.24, 2.45) is 5.73 Å². The van der Waals surface area contributed by atoms with Gasteiger partial charge in [-0.1, -0.05) is 0 Å². The molecule has 0 bridgehead atoms. The third-order valence-electron chi connectivity index (χ3n) is 1.22. The minimum absolute atomic E-state index is 0. The maximum Gasteiger partial charge on any atom is 0.269 e. The van der Waals surface area contributed by atoms with Crippen molar-refractivity contribution in [3.8, 4) is 0 Å². The molecule has 0 aromatic carbocycles. The Bertz CT molecular complexity index is 316. The van der Waals surface area contributed by atoms with Gasteiger partial charge in [-0.15, -0.1) is 0 Å². The topological polar surface area (TPSA) is 198 Å². The summed E-state index contributed by atoms with van der Waals surface area (Å²) in [5.74, 6) is -0.438. The molecule has 0 aliphatic heterocycles. The average Bonchev–Trinajstić information content (AvgIpc) is 2.19. The Kier molecular flexibility index (Phi) is 19.1. The highest BCUT2D eigenvalue weighted by molar-refractivity contribution is 7.86. The molecule has 0 saturated heterocycles. The fourth-order valence-corrected chi connectivity index (χ4v) is 1.27. The van der Waals surface area contributed by atoms with E-state index in [1.165, 1.54) is 0 Å².